The van der Waals surface area contributed by atoms with Crippen LogP contribution in [0.1, 0.15) is 109 Å². The number of nitrogens with zero attached hydrogens (tertiary/aromatic N) is 1. The average Bonchev–Trinajstić information content (AvgIpc) is 2.90. The predicted octanol–water partition coefficient (Wildman–Crippen LogP) is 11.0. The topological polar surface area (TPSA) is 12.9 Å². The van der Waals surface area contributed by atoms with Crippen LogP contribution < -0.4 is 0 Å². The molecule has 0 bridgehead atoms. The van der Waals surface area contributed by atoms with Gasteiger partial charge in [-0.25, -0.2) is 4.98 Å². The van der Waals surface area contributed by atoms with E-state index in [1.807, 2.05) is 0 Å². The summed E-state index contributed by atoms with van der Waals surface area (Å²) in [5, 5.41) is 5.22. The lowest BCUT2D eigenvalue weighted by Crippen LogP contribution is -1.94. The van der Waals surface area contributed by atoms with Crippen LogP contribution in [0.2, 0.25) is 0 Å². The molecule has 1 heteroatoms. The molecule has 1 aromatic heterocycles. The van der Waals surface area contributed by atoms with E-state index in [1.165, 1.54) is 123 Å². The Morgan fingerprint density at radius 1 is 0.486 bits per heavy atom. The van der Waals surface area contributed by atoms with Gasteiger partial charge in [-0.15, -0.1) is 0 Å². The number of para-hydroxylation sites is 1. The van der Waals surface area contributed by atoms with Crippen LogP contribution >= 0.6 is 0 Å². The van der Waals surface area contributed by atoms with E-state index in [9.17, 15) is 0 Å². The van der Waals surface area contributed by atoms with Gasteiger partial charge in [0.2, 0.25) is 0 Å². The Morgan fingerprint density at radius 2 is 1.03 bits per heavy atom. The van der Waals surface area contributed by atoms with Crippen molar-refractivity contribution in [2.75, 3.05) is 0 Å². The van der Waals surface area contributed by atoms with Gasteiger partial charge < -0.3 is 0 Å². The third-order valence-corrected chi connectivity index (χ3v) is 7.72. The van der Waals surface area contributed by atoms with Crippen molar-refractivity contribution >= 4 is 32.6 Å². The summed E-state index contributed by atoms with van der Waals surface area (Å²) in [6, 6.07) is 21.9. The van der Waals surface area contributed by atoms with E-state index in [-0.39, 0.29) is 0 Å². The first-order chi connectivity index (χ1) is 17.4. The van der Waals surface area contributed by atoms with Gasteiger partial charge in [-0.2, -0.15) is 0 Å². The predicted molar refractivity (Wildman–Crippen MR) is 155 cm³/mol. The first kappa shape index (κ1) is 25.7. The Morgan fingerprint density at radius 3 is 1.69 bits per heavy atom. The van der Waals surface area contributed by atoms with Crippen molar-refractivity contribution in [2.24, 2.45) is 0 Å². The number of aromatic nitrogens is 1. The second kappa shape index (κ2) is 14.2. The smallest absolute Gasteiger partial charge is 0.0790 e. The van der Waals surface area contributed by atoms with E-state index in [4.69, 9.17) is 4.98 Å². The number of rotatable bonds is 16. The summed E-state index contributed by atoms with van der Waals surface area (Å²) in [7, 11) is 0. The van der Waals surface area contributed by atoms with E-state index in [2.05, 4.69) is 67.6 Å². The Kier molecular flexibility index (Phi) is 10.4. The number of fused-ring (bicyclic) bond motifs is 4. The third-order valence-electron chi connectivity index (χ3n) is 7.72. The molecule has 0 saturated carbocycles. The van der Waals surface area contributed by atoms with E-state index >= 15 is 0 Å². The lowest BCUT2D eigenvalue weighted by molar-refractivity contribution is 0.532. The first-order valence-electron chi connectivity index (χ1n) is 14.6. The van der Waals surface area contributed by atoms with Crippen LogP contribution in [-0.2, 0) is 6.42 Å². The number of pyridine rings is 1. The quantitative estimate of drug-likeness (QED) is 0.0906. The molecule has 0 amide bonds. The van der Waals surface area contributed by atoms with Gasteiger partial charge in [0.1, 0.15) is 0 Å². The molecule has 1 nitrogen and oxygen atoms in total. The number of benzene rings is 3. The minimum Gasteiger partial charge on any atom is -0.247 e. The van der Waals surface area contributed by atoms with Gasteiger partial charge in [-0.05, 0) is 29.9 Å². The van der Waals surface area contributed by atoms with Gasteiger partial charge in [-0.3, -0.25) is 0 Å². The Hall–Kier alpha value is -2.41. The minimum absolute atomic E-state index is 1.13. The van der Waals surface area contributed by atoms with Crippen LogP contribution in [0.5, 0.6) is 0 Å². The fourth-order valence-corrected chi connectivity index (χ4v) is 5.65. The van der Waals surface area contributed by atoms with Crippen molar-refractivity contribution in [1.82, 2.24) is 4.98 Å². The van der Waals surface area contributed by atoms with Crippen LogP contribution in [0.25, 0.3) is 32.6 Å². The molecule has 0 aliphatic heterocycles. The largest absolute Gasteiger partial charge is 0.247 e. The van der Waals surface area contributed by atoms with Gasteiger partial charge in [0, 0.05) is 16.2 Å². The molecule has 4 rings (SSSR count). The van der Waals surface area contributed by atoms with Crippen molar-refractivity contribution in [3.63, 3.8) is 0 Å². The summed E-state index contributed by atoms with van der Waals surface area (Å²) in [5.74, 6) is 0. The summed E-state index contributed by atoms with van der Waals surface area (Å²) < 4.78 is 0. The lowest BCUT2D eigenvalue weighted by atomic mass is 9.95. The SMILES string of the molecule is CCCCCCCCCCCCCCCCCc1c2ccccc2nc2c1ccc1ccccc12. The monoisotopic (exact) mass is 467 g/mol. The number of unbranched alkanes of at least 4 members (excludes halogenated alkanes) is 14. The van der Waals surface area contributed by atoms with Gasteiger partial charge in [0.25, 0.3) is 0 Å². The molecule has 0 unspecified atom stereocenters. The molecule has 4 aromatic rings. The maximum absolute atomic E-state index is 5.09. The third kappa shape index (κ3) is 7.29. The average molecular weight is 468 g/mol. The molecule has 35 heavy (non-hydrogen) atoms. The highest BCUT2D eigenvalue weighted by Crippen LogP contribution is 2.32. The van der Waals surface area contributed by atoms with E-state index in [1.54, 1.807) is 0 Å². The van der Waals surface area contributed by atoms with Crippen molar-refractivity contribution < 1.29 is 0 Å². The van der Waals surface area contributed by atoms with Gasteiger partial charge >= 0.3 is 0 Å². The molecular weight excluding hydrogens is 422 g/mol. The molecule has 0 radical (unpaired) electrons. The Labute approximate surface area is 213 Å². The molecule has 0 atom stereocenters. The van der Waals surface area contributed by atoms with Crippen LogP contribution in [-0.4, -0.2) is 4.98 Å². The standard InChI is InChI=1S/C34H45N/c1-2-3-4-5-6-7-8-9-10-11-12-13-14-15-16-23-30-31-24-19-20-25-33(31)35-34-29-22-18-17-21-28(29)26-27-32(30)34/h17-22,24-27H,2-16,23H2,1H3. The van der Waals surface area contributed by atoms with Crippen molar-refractivity contribution in [3.8, 4) is 0 Å². The maximum atomic E-state index is 5.09. The summed E-state index contributed by atoms with van der Waals surface area (Å²) in [6.45, 7) is 2.30. The Balaban J connectivity index is 1.21. The molecule has 3 aromatic carbocycles. The summed E-state index contributed by atoms with van der Waals surface area (Å²) >= 11 is 0. The highest BCUT2D eigenvalue weighted by molar-refractivity contribution is 6.10. The molecular formula is C34H45N. The molecule has 1 heterocycles. The number of hydrogen-bond acceptors (Lipinski definition) is 1. The second-order valence-electron chi connectivity index (χ2n) is 10.5. The van der Waals surface area contributed by atoms with Crippen molar-refractivity contribution in [1.29, 1.82) is 0 Å². The van der Waals surface area contributed by atoms with E-state index in [0.29, 0.717) is 0 Å². The molecule has 0 aliphatic rings. The molecule has 0 spiro atoms. The van der Waals surface area contributed by atoms with E-state index in [0.717, 1.165) is 17.5 Å². The van der Waals surface area contributed by atoms with Crippen LogP contribution in [0.4, 0.5) is 0 Å². The fourth-order valence-electron chi connectivity index (χ4n) is 5.65. The maximum Gasteiger partial charge on any atom is 0.0790 e. The molecule has 0 saturated heterocycles. The number of hydrogen-bond donors (Lipinski definition) is 0. The van der Waals surface area contributed by atoms with Crippen LogP contribution in [0, 0.1) is 0 Å². The first-order valence-corrected chi connectivity index (χ1v) is 14.6. The zero-order valence-electron chi connectivity index (χ0n) is 22.0. The zero-order valence-corrected chi connectivity index (χ0v) is 22.0. The summed E-state index contributed by atoms with van der Waals surface area (Å²) in [6.07, 6.45) is 22.3. The second-order valence-corrected chi connectivity index (χ2v) is 10.5. The highest BCUT2D eigenvalue weighted by atomic mass is 14.7. The van der Waals surface area contributed by atoms with Crippen molar-refractivity contribution in [2.45, 2.75) is 110 Å². The number of aryl methyl sites for hydroxylation is 1. The molecule has 0 N–H and O–H groups in total. The highest BCUT2D eigenvalue weighted by Gasteiger charge is 2.11. The van der Waals surface area contributed by atoms with Gasteiger partial charge in [0.15, 0.2) is 0 Å². The van der Waals surface area contributed by atoms with Crippen molar-refractivity contribution in [3.05, 3.63) is 66.2 Å². The zero-order chi connectivity index (χ0) is 24.1. The molecule has 0 fully saturated rings. The van der Waals surface area contributed by atoms with E-state index < -0.39 is 0 Å². The lowest BCUT2D eigenvalue weighted by Gasteiger charge is -2.13. The molecule has 0 aliphatic carbocycles. The van der Waals surface area contributed by atoms with Crippen LogP contribution in [0.3, 0.4) is 0 Å². The van der Waals surface area contributed by atoms with Gasteiger partial charge in [0.05, 0.1) is 11.0 Å². The summed E-state index contributed by atoms with van der Waals surface area (Å²) in [4.78, 5) is 5.09. The van der Waals surface area contributed by atoms with Crippen LogP contribution in [0.15, 0.2) is 60.7 Å². The molecule has 186 valence electrons. The Bertz CT molecular complexity index is 1180. The normalized spacial score (nSPS) is 11.7. The fraction of sp³-hybridized carbons (Fsp3) is 0.500. The van der Waals surface area contributed by atoms with Gasteiger partial charge in [-0.1, -0.05) is 151 Å². The summed E-state index contributed by atoms with van der Waals surface area (Å²) in [5.41, 5.74) is 3.79. The minimum atomic E-state index is 1.13.